The zero-order valence-electron chi connectivity index (χ0n) is 9.17. The number of hydrogen-bond donors (Lipinski definition) is 2. The SMILES string of the molecule is Nc1cc(F)c(F)c(C(=O)N2CCNCC2)c1. The molecule has 0 spiro atoms. The summed E-state index contributed by atoms with van der Waals surface area (Å²) >= 11 is 0. The molecule has 1 amide bonds. The Bertz CT molecular complexity index is 445. The summed E-state index contributed by atoms with van der Waals surface area (Å²) in [5, 5.41) is 3.07. The largest absolute Gasteiger partial charge is 0.399 e. The summed E-state index contributed by atoms with van der Waals surface area (Å²) in [6.45, 7) is 2.26. The van der Waals surface area contributed by atoms with Crippen molar-refractivity contribution in [1.29, 1.82) is 0 Å². The maximum Gasteiger partial charge on any atom is 0.257 e. The Balaban J connectivity index is 2.29. The summed E-state index contributed by atoms with van der Waals surface area (Å²) in [6.07, 6.45) is 0. The van der Waals surface area contributed by atoms with Crippen molar-refractivity contribution in [3.63, 3.8) is 0 Å². The molecule has 17 heavy (non-hydrogen) atoms. The Hall–Kier alpha value is -1.69. The van der Waals surface area contributed by atoms with Crippen LogP contribution in [0.5, 0.6) is 0 Å². The number of nitrogen functional groups attached to an aromatic ring is 1. The van der Waals surface area contributed by atoms with Crippen molar-refractivity contribution in [3.8, 4) is 0 Å². The van der Waals surface area contributed by atoms with E-state index < -0.39 is 17.5 Å². The second kappa shape index (κ2) is 4.67. The Morgan fingerprint density at radius 1 is 1.29 bits per heavy atom. The maximum absolute atomic E-state index is 13.5. The highest BCUT2D eigenvalue weighted by molar-refractivity contribution is 5.95. The first-order valence-corrected chi connectivity index (χ1v) is 5.34. The molecule has 92 valence electrons. The molecule has 1 saturated heterocycles. The van der Waals surface area contributed by atoms with Crippen molar-refractivity contribution >= 4 is 11.6 Å². The van der Waals surface area contributed by atoms with Gasteiger partial charge in [-0.2, -0.15) is 0 Å². The zero-order chi connectivity index (χ0) is 12.4. The molecule has 1 aliphatic heterocycles. The van der Waals surface area contributed by atoms with Gasteiger partial charge < -0.3 is 16.0 Å². The Morgan fingerprint density at radius 3 is 2.59 bits per heavy atom. The van der Waals surface area contributed by atoms with Crippen LogP contribution in [0.15, 0.2) is 12.1 Å². The molecular weight excluding hydrogens is 228 g/mol. The number of piperazine rings is 1. The highest BCUT2D eigenvalue weighted by Gasteiger charge is 2.23. The van der Waals surface area contributed by atoms with Crippen LogP contribution < -0.4 is 11.1 Å². The van der Waals surface area contributed by atoms with Gasteiger partial charge in [-0.15, -0.1) is 0 Å². The molecular formula is C11H13F2N3O. The van der Waals surface area contributed by atoms with Crippen LogP contribution in [0.3, 0.4) is 0 Å². The van der Waals surface area contributed by atoms with Crippen LogP contribution in [0.4, 0.5) is 14.5 Å². The van der Waals surface area contributed by atoms with E-state index >= 15 is 0 Å². The lowest BCUT2D eigenvalue weighted by atomic mass is 10.1. The minimum Gasteiger partial charge on any atom is -0.399 e. The molecule has 1 heterocycles. The summed E-state index contributed by atoms with van der Waals surface area (Å²) in [4.78, 5) is 13.4. The molecule has 0 radical (unpaired) electrons. The molecule has 0 unspecified atom stereocenters. The first kappa shape index (κ1) is 11.8. The normalized spacial score (nSPS) is 16.0. The molecule has 0 atom stereocenters. The first-order valence-electron chi connectivity index (χ1n) is 5.34. The molecule has 3 N–H and O–H groups in total. The number of halogens is 2. The van der Waals surface area contributed by atoms with Crippen molar-refractivity contribution in [2.24, 2.45) is 0 Å². The van der Waals surface area contributed by atoms with Gasteiger partial charge >= 0.3 is 0 Å². The van der Waals surface area contributed by atoms with Crippen molar-refractivity contribution < 1.29 is 13.6 Å². The van der Waals surface area contributed by atoms with Crippen LogP contribution in [-0.2, 0) is 0 Å². The number of anilines is 1. The van der Waals surface area contributed by atoms with E-state index in [9.17, 15) is 13.6 Å². The van der Waals surface area contributed by atoms with Gasteiger partial charge in [0.25, 0.3) is 5.91 Å². The minimum absolute atomic E-state index is 0.0439. The van der Waals surface area contributed by atoms with E-state index in [0.717, 1.165) is 6.07 Å². The number of carbonyl (C=O) groups excluding carboxylic acids is 1. The van der Waals surface area contributed by atoms with Gasteiger partial charge in [0.2, 0.25) is 0 Å². The van der Waals surface area contributed by atoms with Gasteiger partial charge in [-0.3, -0.25) is 4.79 Å². The highest BCUT2D eigenvalue weighted by Crippen LogP contribution is 2.18. The van der Waals surface area contributed by atoms with E-state index in [4.69, 9.17) is 5.73 Å². The highest BCUT2D eigenvalue weighted by atomic mass is 19.2. The van der Waals surface area contributed by atoms with E-state index in [1.165, 1.54) is 11.0 Å². The molecule has 0 bridgehead atoms. The van der Waals surface area contributed by atoms with Crippen LogP contribution in [0.1, 0.15) is 10.4 Å². The molecule has 1 aliphatic rings. The van der Waals surface area contributed by atoms with Crippen LogP contribution in [0, 0.1) is 11.6 Å². The van der Waals surface area contributed by atoms with Crippen molar-refractivity contribution in [2.45, 2.75) is 0 Å². The first-order chi connectivity index (χ1) is 8.09. The van der Waals surface area contributed by atoms with Gasteiger partial charge in [-0.25, -0.2) is 8.78 Å². The van der Waals surface area contributed by atoms with E-state index in [1.54, 1.807) is 0 Å². The van der Waals surface area contributed by atoms with Crippen molar-refractivity contribution in [3.05, 3.63) is 29.3 Å². The average Bonchev–Trinajstić information content (AvgIpc) is 2.34. The number of hydrogen-bond acceptors (Lipinski definition) is 3. The number of carbonyl (C=O) groups is 1. The predicted octanol–water partition coefficient (Wildman–Crippen LogP) is 0.592. The van der Waals surface area contributed by atoms with E-state index in [1.807, 2.05) is 0 Å². The lowest BCUT2D eigenvalue weighted by molar-refractivity contribution is 0.0730. The fraction of sp³-hybridized carbons (Fsp3) is 0.364. The average molecular weight is 241 g/mol. The maximum atomic E-state index is 13.5. The van der Waals surface area contributed by atoms with E-state index in [0.29, 0.717) is 26.2 Å². The molecule has 1 fully saturated rings. The second-order valence-corrected chi connectivity index (χ2v) is 3.91. The lowest BCUT2D eigenvalue weighted by Gasteiger charge is -2.27. The molecule has 0 aromatic heterocycles. The fourth-order valence-corrected chi connectivity index (χ4v) is 1.80. The van der Waals surface area contributed by atoms with Gasteiger partial charge in [0.1, 0.15) is 0 Å². The van der Waals surface area contributed by atoms with Gasteiger partial charge in [-0.05, 0) is 12.1 Å². The summed E-state index contributed by atoms with van der Waals surface area (Å²) in [5.41, 5.74) is 5.15. The summed E-state index contributed by atoms with van der Waals surface area (Å²) in [7, 11) is 0. The van der Waals surface area contributed by atoms with E-state index in [2.05, 4.69) is 5.32 Å². The number of benzene rings is 1. The van der Waals surface area contributed by atoms with Gasteiger partial charge in [0.15, 0.2) is 11.6 Å². The van der Waals surface area contributed by atoms with Gasteiger partial charge in [0, 0.05) is 31.9 Å². The zero-order valence-corrected chi connectivity index (χ0v) is 9.17. The minimum atomic E-state index is -1.14. The number of nitrogens with zero attached hydrogens (tertiary/aromatic N) is 1. The predicted molar refractivity (Wildman–Crippen MR) is 59.5 cm³/mol. The molecule has 1 aromatic carbocycles. The Morgan fingerprint density at radius 2 is 1.94 bits per heavy atom. The van der Waals surface area contributed by atoms with Crippen molar-refractivity contribution in [1.82, 2.24) is 10.2 Å². The molecule has 6 heteroatoms. The third-order valence-corrected chi connectivity index (χ3v) is 2.69. The summed E-state index contributed by atoms with van der Waals surface area (Å²) < 4.78 is 26.6. The number of amides is 1. The molecule has 2 rings (SSSR count). The summed E-state index contributed by atoms with van der Waals surface area (Å²) in [6, 6.07) is 2.03. The van der Waals surface area contributed by atoms with Crippen LogP contribution in [-0.4, -0.2) is 37.0 Å². The summed E-state index contributed by atoms with van der Waals surface area (Å²) in [5.74, 6) is -2.75. The monoisotopic (exact) mass is 241 g/mol. The molecule has 1 aromatic rings. The van der Waals surface area contributed by atoms with E-state index in [-0.39, 0.29) is 11.3 Å². The third kappa shape index (κ3) is 2.36. The fourth-order valence-electron chi connectivity index (χ4n) is 1.80. The number of rotatable bonds is 1. The van der Waals surface area contributed by atoms with Crippen LogP contribution in [0.25, 0.3) is 0 Å². The quantitative estimate of drug-likeness (QED) is 0.708. The third-order valence-electron chi connectivity index (χ3n) is 2.69. The van der Waals surface area contributed by atoms with Gasteiger partial charge in [0.05, 0.1) is 5.56 Å². The molecule has 4 nitrogen and oxygen atoms in total. The Kier molecular flexibility index (Phi) is 3.23. The van der Waals surface area contributed by atoms with Gasteiger partial charge in [-0.1, -0.05) is 0 Å². The van der Waals surface area contributed by atoms with Crippen LogP contribution in [0.2, 0.25) is 0 Å². The smallest absolute Gasteiger partial charge is 0.257 e. The standard InChI is InChI=1S/C11H13F2N3O/c12-9-6-7(14)5-8(10(9)13)11(17)16-3-1-15-2-4-16/h5-6,15H,1-4,14H2. The number of nitrogens with one attached hydrogen (secondary N) is 1. The van der Waals surface area contributed by atoms with Crippen molar-refractivity contribution in [2.75, 3.05) is 31.9 Å². The second-order valence-electron chi connectivity index (χ2n) is 3.91. The molecule has 0 saturated carbocycles. The number of nitrogens with two attached hydrogens (primary N) is 1. The molecule has 0 aliphatic carbocycles. The lowest BCUT2D eigenvalue weighted by Crippen LogP contribution is -2.46. The van der Waals surface area contributed by atoms with Crippen LogP contribution >= 0.6 is 0 Å². The Labute approximate surface area is 97.4 Å². The topological polar surface area (TPSA) is 58.4 Å².